The van der Waals surface area contributed by atoms with E-state index in [2.05, 4.69) is 35.3 Å². The van der Waals surface area contributed by atoms with Crippen LogP contribution < -0.4 is 5.32 Å². The van der Waals surface area contributed by atoms with Crippen molar-refractivity contribution in [1.29, 1.82) is 5.26 Å². The maximum Gasteiger partial charge on any atom is 0.0991 e. The van der Waals surface area contributed by atoms with Crippen LogP contribution >= 0.6 is 0 Å². The number of likely N-dealkylation sites (N-methyl/N-ethyl adjacent to an activating group) is 1. The summed E-state index contributed by atoms with van der Waals surface area (Å²) in [6.45, 7) is 4.49. The van der Waals surface area contributed by atoms with Crippen molar-refractivity contribution in [2.75, 3.05) is 20.1 Å². The Morgan fingerprint density at radius 3 is 2.65 bits per heavy atom. The first-order chi connectivity index (χ1) is 8.24. The summed E-state index contributed by atoms with van der Waals surface area (Å²) in [4.78, 5) is 2.49. The Morgan fingerprint density at radius 2 is 2.12 bits per heavy atom. The predicted molar refractivity (Wildman–Crippen MR) is 68.6 cm³/mol. The molecule has 1 heterocycles. The van der Waals surface area contributed by atoms with Gasteiger partial charge in [0.05, 0.1) is 11.6 Å². The normalized spacial score (nSPS) is 22.3. The highest BCUT2D eigenvalue weighted by molar-refractivity contribution is 5.32. The Bertz CT molecular complexity index is 404. The Hall–Kier alpha value is -1.37. The van der Waals surface area contributed by atoms with E-state index in [1.165, 1.54) is 12.0 Å². The molecule has 17 heavy (non-hydrogen) atoms. The smallest absolute Gasteiger partial charge is 0.0991 e. The summed E-state index contributed by atoms with van der Waals surface area (Å²) in [6, 6.07) is 11.1. The van der Waals surface area contributed by atoms with E-state index in [-0.39, 0.29) is 0 Å². The second kappa shape index (κ2) is 5.31. The second-order valence-corrected chi connectivity index (χ2v) is 4.68. The number of hydrogen-bond donors (Lipinski definition) is 1. The lowest BCUT2D eigenvalue weighted by molar-refractivity contribution is 0.257. The zero-order valence-corrected chi connectivity index (χ0v) is 10.5. The lowest BCUT2D eigenvalue weighted by Crippen LogP contribution is -2.31. The van der Waals surface area contributed by atoms with Crippen molar-refractivity contribution in [3.8, 4) is 6.07 Å². The van der Waals surface area contributed by atoms with Gasteiger partial charge < -0.3 is 5.32 Å². The van der Waals surface area contributed by atoms with Crippen LogP contribution in [0.3, 0.4) is 0 Å². The van der Waals surface area contributed by atoms with Gasteiger partial charge in [-0.05, 0) is 38.1 Å². The van der Waals surface area contributed by atoms with Gasteiger partial charge in [0.1, 0.15) is 0 Å². The van der Waals surface area contributed by atoms with Crippen molar-refractivity contribution in [3.05, 3.63) is 35.4 Å². The molecule has 0 aromatic heterocycles. The highest BCUT2D eigenvalue weighted by Gasteiger charge is 2.25. The molecule has 1 aliphatic rings. The van der Waals surface area contributed by atoms with Crippen molar-refractivity contribution >= 4 is 0 Å². The molecule has 1 N–H and O–H groups in total. The van der Waals surface area contributed by atoms with Gasteiger partial charge >= 0.3 is 0 Å². The zero-order chi connectivity index (χ0) is 12.3. The van der Waals surface area contributed by atoms with Crippen LogP contribution in [0.5, 0.6) is 0 Å². The summed E-state index contributed by atoms with van der Waals surface area (Å²) < 4.78 is 0. The molecule has 1 aromatic rings. The fraction of sp³-hybridized carbons (Fsp3) is 0.500. The molecule has 2 atom stereocenters. The van der Waals surface area contributed by atoms with Gasteiger partial charge in [0.15, 0.2) is 0 Å². The molecule has 2 rings (SSSR count). The lowest BCUT2D eigenvalue weighted by atomic mass is 10.1. The van der Waals surface area contributed by atoms with Gasteiger partial charge in [0, 0.05) is 25.2 Å². The zero-order valence-electron chi connectivity index (χ0n) is 10.5. The summed E-state index contributed by atoms with van der Waals surface area (Å²) in [7, 11) is 2.03. The minimum absolute atomic E-state index is 0.432. The Morgan fingerprint density at radius 1 is 1.41 bits per heavy atom. The molecular weight excluding hydrogens is 210 g/mol. The molecular formula is C14H19N3. The molecule has 90 valence electrons. The number of nitrogens with zero attached hydrogens (tertiary/aromatic N) is 2. The van der Waals surface area contributed by atoms with Crippen LogP contribution in [-0.4, -0.2) is 31.1 Å². The summed E-state index contributed by atoms with van der Waals surface area (Å²) >= 11 is 0. The molecule has 1 aromatic carbocycles. The molecule has 1 aliphatic heterocycles. The van der Waals surface area contributed by atoms with Crippen molar-refractivity contribution in [1.82, 2.24) is 10.2 Å². The van der Waals surface area contributed by atoms with Crippen LogP contribution in [0.4, 0.5) is 0 Å². The first-order valence-electron chi connectivity index (χ1n) is 6.16. The van der Waals surface area contributed by atoms with Gasteiger partial charge in [0.25, 0.3) is 0 Å². The molecule has 0 spiro atoms. The number of likely N-dealkylation sites (tertiary alicyclic amines) is 1. The van der Waals surface area contributed by atoms with Crippen molar-refractivity contribution in [3.63, 3.8) is 0 Å². The number of nitrogens with one attached hydrogen (secondary N) is 1. The summed E-state index contributed by atoms with van der Waals surface area (Å²) in [5, 5.41) is 12.1. The van der Waals surface area contributed by atoms with Crippen molar-refractivity contribution in [2.24, 2.45) is 0 Å². The topological polar surface area (TPSA) is 39.1 Å². The van der Waals surface area contributed by atoms with E-state index in [0.29, 0.717) is 12.1 Å². The van der Waals surface area contributed by atoms with Crippen LogP contribution in [-0.2, 0) is 0 Å². The van der Waals surface area contributed by atoms with Gasteiger partial charge in [-0.3, -0.25) is 4.90 Å². The van der Waals surface area contributed by atoms with Crippen LogP contribution in [0.15, 0.2) is 24.3 Å². The van der Waals surface area contributed by atoms with Gasteiger partial charge in [-0.2, -0.15) is 5.26 Å². The van der Waals surface area contributed by atoms with Crippen LogP contribution in [0.2, 0.25) is 0 Å². The Kier molecular flexibility index (Phi) is 3.78. The maximum absolute atomic E-state index is 8.78. The fourth-order valence-electron chi connectivity index (χ4n) is 2.42. The predicted octanol–water partition coefficient (Wildman–Crippen LogP) is 1.91. The molecule has 0 radical (unpaired) electrons. The van der Waals surface area contributed by atoms with Crippen LogP contribution in [0.1, 0.15) is 30.5 Å². The van der Waals surface area contributed by atoms with E-state index in [4.69, 9.17) is 5.26 Å². The summed E-state index contributed by atoms with van der Waals surface area (Å²) in [6.07, 6.45) is 1.22. The molecule has 3 nitrogen and oxygen atoms in total. The van der Waals surface area contributed by atoms with E-state index in [1.54, 1.807) is 0 Å². The van der Waals surface area contributed by atoms with Crippen LogP contribution in [0, 0.1) is 11.3 Å². The highest BCUT2D eigenvalue weighted by Crippen LogP contribution is 2.24. The molecule has 0 amide bonds. The molecule has 1 saturated heterocycles. The monoisotopic (exact) mass is 229 g/mol. The standard InChI is InChI=1S/C14H19N3/c1-11(17-8-7-14(10-17)16-2)13-5-3-12(9-15)4-6-13/h3-6,11,14,16H,7-8,10H2,1-2H3. The molecule has 0 saturated carbocycles. The van der Waals surface area contributed by atoms with Gasteiger partial charge in [-0.25, -0.2) is 0 Å². The average Bonchev–Trinajstić information content (AvgIpc) is 2.87. The highest BCUT2D eigenvalue weighted by atomic mass is 15.2. The summed E-state index contributed by atoms with van der Waals surface area (Å²) in [5.74, 6) is 0. The number of hydrogen-bond acceptors (Lipinski definition) is 3. The van der Waals surface area contributed by atoms with Gasteiger partial charge in [-0.15, -0.1) is 0 Å². The summed E-state index contributed by atoms with van der Waals surface area (Å²) in [5.41, 5.74) is 2.02. The van der Waals surface area contributed by atoms with Crippen molar-refractivity contribution in [2.45, 2.75) is 25.4 Å². The molecule has 1 fully saturated rings. The van der Waals surface area contributed by atoms with Gasteiger partial charge in [0.2, 0.25) is 0 Å². The largest absolute Gasteiger partial charge is 0.316 e. The maximum atomic E-state index is 8.78. The van der Waals surface area contributed by atoms with Crippen LogP contribution in [0.25, 0.3) is 0 Å². The Balaban J connectivity index is 2.04. The lowest BCUT2D eigenvalue weighted by Gasteiger charge is -2.24. The minimum atomic E-state index is 0.432. The van der Waals surface area contributed by atoms with E-state index in [9.17, 15) is 0 Å². The van der Waals surface area contributed by atoms with E-state index in [1.807, 2.05) is 19.2 Å². The minimum Gasteiger partial charge on any atom is -0.316 e. The number of benzene rings is 1. The molecule has 3 heteroatoms. The third-order valence-corrected chi connectivity index (χ3v) is 3.70. The molecule has 0 aliphatic carbocycles. The average molecular weight is 229 g/mol. The first-order valence-corrected chi connectivity index (χ1v) is 6.16. The second-order valence-electron chi connectivity index (χ2n) is 4.68. The van der Waals surface area contributed by atoms with Crippen molar-refractivity contribution < 1.29 is 0 Å². The molecule has 0 bridgehead atoms. The number of rotatable bonds is 3. The Labute approximate surface area is 103 Å². The van der Waals surface area contributed by atoms with Gasteiger partial charge in [-0.1, -0.05) is 12.1 Å². The third kappa shape index (κ3) is 2.66. The fourth-order valence-corrected chi connectivity index (χ4v) is 2.42. The first kappa shape index (κ1) is 12.1. The van der Waals surface area contributed by atoms with E-state index >= 15 is 0 Å². The van der Waals surface area contributed by atoms with E-state index < -0.39 is 0 Å². The third-order valence-electron chi connectivity index (χ3n) is 3.70. The molecule has 2 unspecified atom stereocenters. The van der Waals surface area contributed by atoms with E-state index in [0.717, 1.165) is 18.7 Å². The number of nitriles is 1. The quantitative estimate of drug-likeness (QED) is 0.860. The SMILES string of the molecule is CNC1CCN(C(C)c2ccc(C#N)cc2)C1.